The fourth-order valence-electron chi connectivity index (χ4n) is 6.85. The van der Waals surface area contributed by atoms with Crippen LogP contribution in [0.3, 0.4) is 0 Å². The fourth-order valence-corrected chi connectivity index (χ4v) is 6.85. The first-order valence-corrected chi connectivity index (χ1v) is 16.2. The van der Waals surface area contributed by atoms with Crippen molar-refractivity contribution in [3.8, 4) is 28.1 Å². The van der Waals surface area contributed by atoms with Crippen molar-refractivity contribution < 1.29 is 4.74 Å². The molecule has 42 heavy (non-hydrogen) atoms. The van der Waals surface area contributed by atoms with Gasteiger partial charge < -0.3 is 19.9 Å². The van der Waals surface area contributed by atoms with Crippen molar-refractivity contribution in [2.75, 3.05) is 55.7 Å². The summed E-state index contributed by atoms with van der Waals surface area (Å²) in [5.41, 5.74) is 9.20. The summed E-state index contributed by atoms with van der Waals surface area (Å²) < 4.78 is 6.16. The highest BCUT2D eigenvalue weighted by Gasteiger charge is 2.17. The molecule has 6 heteroatoms. The summed E-state index contributed by atoms with van der Waals surface area (Å²) in [4.78, 5) is 14.8. The second-order valence-electron chi connectivity index (χ2n) is 12.3. The third-order valence-electron chi connectivity index (χ3n) is 9.38. The molecule has 0 bridgehead atoms. The van der Waals surface area contributed by atoms with Gasteiger partial charge in [0.1, 0.15) is 0 Å². The summed E-state index contributed by atoms with van der Waals surface area (Å²) in [6, 6.07) is 22.7. The number of rotatable bonds is 7. The Kier molecular flexibility index (Phi) is 8.23. The molecule has 6 nitrogen and oxygen atoms in total. The van der Waals surface area contributed by atoms with Crippen LogP contribution in [0.5, 0.6) is 5.88 Å². The van der Waals surface area contributed by atoms with E-state index in [1.165, 1.54) is 72.2 Å². The number of nitrogens with zero attached hydrogens (tertiary/aromatic N) is 4. The van der Waals surface area contributed by atoms with E-state index in [2.05, 4.69) is 75.8 Å². The van der Waals surface area contributed by atoms with Gasteiger partial charge in [0.15, 0.2) is 0 Å². The van der Waals surface area contributed by atoms with Gasteiger partial charge in [-0.2, -0.15) is 0 Å². The van der Waals surface area contributed by atoms with Crippen molar-refractivity contribution in [1.29, 1.82) is 0 Å². The zero-order valence-corrected chi connectivity index (χ0v) is 24.7. The average molecular weight is 562 g/mol. The highest BCUT2D eigenvalue weighted by molar-refractivity contribution is 5.93. The number of hydrogen-bond acceptors (Lipinski definition) is 6. The van der Waals surface area contributed by atoms with Crippen molar-refractivity contribution in [3.05, 3.63) is 66.9 Å². The molecule has 3 saturated heterocycles. The van der Waals surface area contributed by atoms with Gasteiger partial charge in [0.05, 0.1) is 23.8 Å². The lowest BCUT2D eigenvalue weighted by Crippen LogP contribution is -2.30. The van der Waals surface area contributed by atoms with Crippen LogP contribution in [0.4, 0.5) is 11.4 Å². The Morgan fingerprint density at radius 3 is 1.74 bits per heavy atom. The van der Waals surface area contributed by atoms with E-state index in [1.54, 1.807) is 6.20 Å². The van der Waals surface area contributed by atoms with Crippen LogP contribution in [0.15, 0.2) is 66.9 Å². The van der Waals surface area contributed by atoms with Crippen LogP contribution in [-0.4, -0.2) is 55.8 Å². The maximum absolute atomic E-state index is 6.16. The zero-order valence-electron chi connectivity index (χ0n) is 24.7. The normalized spacial score (nSPS) is 18.4. The quantitative estimate of drug-likeness (QED) is 0.255. The molecule has 1 aromatic heterocycles. The molecule has 0 amide bonds. The fraction of sp³-hybridized carbons (Fsp3) is 0.444. The van der Waals surface area contributed by atoms with Crippen molar-refractivity contribution >= 4 is 22.4 Å². The summed E-state index contributed by atoms with van der Waals surface area (Å²) in [5, 5.41) is 3.43. The third-order valence-corrected chi connectivity index (χ3v) is 9.38. The standard InChI is InChI=1S/C36H43N5O/c1-3-19-40(20-4-1)30-11-7-28(8-12-30)32-23-34-35(39-36(25-38-34)42-26-27-15-17-37-18-16-27)24-33(32)29-9-13-31(14-10-29)41-21-5-2-6-22-41/h7-14,23-25,27,37H,1-6,15-22,26H2. The van der Waals surface area contributed by atoms with Gasteiger partial charge in [0.2, 0.25) is 5.88 Å². The maximum atomic E-state index is 6.16. The van der Waals surface area contributed by atoms with Crippen molar-refractivity contribution in [2.45, 2.75) is 51.4 Å². The summed E-state index contributed by atoms with van der Waals surface area (Å²) in [5.74, 6) is 1.19. The number of piperidine rings is 3. The molecule has 3 fully saturated rings. The predicted molar refractivity (Wildman–Crippen MR) is 174 cm³/mol. The van der Waals surface area contributed by atoms with Gasteiger partial charge >= 0.3 is 0 Å². The molecule has 0 saturated carbocycles. The second-order valence-corrected chi connectivity index (χ2v) is 12.3. The number of anilines is 2. The Hall–Kier alpha value is -3.64. The van der Waals surface area contributed by atoms with Crippen LogP contribution >= 0.6 is 0 Å². The lowest BCUT2D eigenvalue weighted by atomic mass is 9.93. The van der Waals surface area contributed by atoms with E-state index in [1.807, 2.05) is 0 Å². The third kappa shape index (κ3) is 6.10. The van der Waals surface area contributed by atoms with Gasteiger partial charge in [-0.3, -0.25) is 0 Å². The molecule has 3 aromatic carbocycles. The summed E-state index contributed by atoms with van der Waals surface area (Å²) in [7, 11) is 0. The molecule has 3 aliphatic heterocycles. The number of ether oxygens (including phenoxy) is 1. The number of fused-ring (bicyclic) bond motifs is 1. The van der Waals surface area contributed by atoms with E-state index in [0.29, 0.717) is 18.4 Å². The topological polar surface area (TPSA) is 53.5 Å². The van der Waals surface area contributed by atoms with Crippen LogP contribution in [0, 0.1) is 5.92 Å². The minimum Gasteiger partial charge on any atom is -0.476 e. The molecule has 0 radical (unpaired) electrons. The summed E-state index contributed by atoms with van der Waals surface area (Å²) in [6.45, 7) is 7.45. The van der Waals surface area contributed by atoms with E-state index in [0.717, 1.165) is 63.1 Å². The molecule has 4 aromatic rings. The monoisotopic (exact) mass is 561 g/mol. The van der Waals surface area contributed by atoms with E-state index in [4.69, 9.17) is 14.7 Å². The van der Waals surface area contributed by atoms with Crippen molar-refractivity contribution in [1.82, 2.24) is 15.3 Å². The highest BCUT2D eigenvalue weighted by atomic mass is 16.5. The van der Waals surface area contributed by atoms with E-state index >= 15 is 0 Å². The SMILES string of the molecule is c1cc(N2CCCCC2)ccc1-c1cc2ncc(OCC3CCNCC3)nc2cc1-c1ccc(N2CCCCC2)cc1. The first-order valence-electron chi connectivity index (χ1n) is 16.2. The Bertz CT molecular complexity index is 1470. The minimum absolute atomic E-state index is 0.577. The number of aromatic nitrogens is 2. The first-order chi connectivity index (χ1) is 20.8. The highest BCUT2D eigenvalue weighted by Crippen LogP contribution is 2.37. The molecule has 3 aliphatic rings. The van der Waals surface area contributed by atoms with Gasteiger partial charge in [0, 0.05) is 37.6 Å². The zero-order chi connectivity index (χ0) is 28.1. The van der Waals surface area contributed by atoms with Gasteiger partial charge in [-0.25, -0.2) is 9.97 Å². The predicted octanol–water partition coefficient (Wildman–Crippen LogP) is 7.32. The van der Waals surface area contributed by atoms with Crippen LogP contribution < -0.4 is 19.9 Å². The largest absolute Gasteiger partial charge is 0.476 e. The molecule has 0 unspecified atom stereocenters. The van der Waals surface area contributed by atoms with Gasteiger partial charge in [-0.15, -0.1) is 0 Å². The number of benzene rings is 3. The Morgan fingerprint density at radius 1 is 0.667 bits per heavy atom. The van der Waals surface area contributed by atoms with Crippen molar-refractivity contribution in [3.63, 3.8) is 0 Å². The van der Waals surface area contributed by atoms with Crippen LogP contribution in [-0.2, 0) is 0 Å². The molecule has 7 rings (SSSR count). The van der Waals surface area contributed by atoms with E-state index < -0.39 is 0 Å². The van der Waals surface area contributed by atoms with Crippen molar-refractivity contribution in [2.24, 2.45) is 5.92 Å². The Morgan fingerprint density at radius 2 is 1.19 bits per heavy atom. The minimum atomic E-state index is 0.577. The van der Waals surface area contributed by atoms with Gasteiger partial charge in [-0.05, 0) is 129 Å². The lowest BCUT2D eigenvalue weighted by Gasteiger charge is -2.29. The Labute approximate surface area is 250 Å². The van der Waals surface area contributed by atoms with Gasteiger partial charge in [-0.1, -0.05) is 24.3 Å². The Balaban J connectivity index is 1.22. The number of nitrogens with one attached hydrogen (secondary N) is 1. The number of hydrogen-bond donors (Lipinski definition) is 1. The van der Waals surface area contributed by atoms with Crippen LogP contribution in [0.25, 0.3) is 33.3 Å². The average Bonchev–Trinajstić information content (AvgIpc) is 3.08. The van der Waals surface area contributed by atoms with Gasteiger partial charge in [0.25, 0.3) is 0 Å². The molecule has 1 N–H and O–H groups in total. The molecule has 0 aliphatic carbocycles. The maximum Gasteiger partial charge on any atom is 0.232 e. The van der Waals surface area contributed by atoms with Crippen LogP contribution in [0.1, 0.15) is 51.4 Å². The smallest absolute Gasteiger partial charge is 0.232 e. The molecular weight excluding hydrogens is 518 g/mol. The molecule has 218 valence electrons. The van der Waals surface area contributed by atoms with E-state index in [9.17, 15) is 0 Å². The first kappa shape index (κ1) is 27.2. The lowest BCUT2D eigenvalue weighted by molar-refractivity contribution is 0.209. The summed E-state index contributed by atoms with van der Waals surface area (Å²) in [6.07, 6.45) is 11.9. The second kappa shape index (κ2) is 12.7. The molecule has 0 spiro atoms. The van der Waals surface area contributed by atoms with Crippen LogP contribution in [0.2, 0.25) is 0 Å². The molecular formula is C36H43N5O. The molecule has 4 heterocycles. The van der Waals surface area contributed by atoms with E-state index in [-0.39, 0.29) is 0 Å². The summed E-state index contributed by atoms with van der Waals surface area (Å²) >= 11 is 0. The molecule has 0 atom stereocenters.